The van der Waals surface area contributed by atoms with Gasteiger partial charge in [0.1, 0.15) is 0 Å². The number of nitriles is 1. The molecule has 2 aromatic rings. The maximum Gasteiger partial charge on any atom is 0.207 e. The summed E-state index contributed by atoms with van der Waals surface area (Å²) in [4.78, 5) is 10.8. The van der Waals surface area contributed by atoms with Gasteiger partial charge in [-0.25, -0.2) is 0 Å². The summed E-state index contributed by atoms with van der Waals surface area (Å²) in [7, 11) is 0. The Morgan fingerprint density at radius 3 is 2.35 bits per heavy atom. The van der Waals surface area contributed by atoms with E-state index >= 15 is 0 Å². The third-order valence-electron chi connectivity index (χ3n) is 3.22. The van der Waals surface area contributed by atoms with E-state index in [4.69, 9.17) is 5.26 Å². The molecule has 0 aromatic heterocycles. The van der Waals surface area contributed by atoms with Crippen molar-refractivity contribution in [3.05, 3.63) is 71.3 Å². The van der Waals surface area contributed by atoms with Crippen LogP contribution >= 0.6 is 0 Å². The van der Waals surface area contributed by atoms with Gasteiger partial charge in [-0.15, -0.1) is 0 Å². The second kappa shape index (κ2) is 7.10. The van der Waals surface area contributed by atoms with E-state index < -0.39 is 0 Å². The Morgan fingerprint density at radius 1 is 1.05 bits per heavy atom. The van der Waals surface area contributed by atoms with Crippen LogP contribution in [0, 0.1) is 11.3 Å². The smallest absolute Gasteiger partial charge is 0.207 e. The van der Waals surface area contributed by atoms with E-state index in [0.717, 1.165) is 24.0 Å². The number of amides is 1. The van der Waals surface area contributed by atoms with Crippen molar-refractivity contribution in [1.82, 2.24) is 5.32 Å². The Morgan fingerprint density at radius 2 is 1.75 bits per heavy atom. The molecule has 0 aliphatic rings. The Bertz CT molecular complexity index is 585. The first-order chi connectivity index (χ1) is 9.83. The predicted molar refractivity (Wildman–Crippen MR) is 77.8 cm³/mol. The number of benzene rings is 2. The number of rotatable bonds is 6. The predicted octanol–water partition coefficient (Wildman–Crippen LogP) is 2.78. The van der Waals surface area contributed by atoms with Crippen LogP contribution in [0.5, 0.6) is 0 Å². The summed E-state index contributed by atoms with van der Waals surface area (Å²) in [5.74, 6) is 0. The van der Waals surface area contributed by atoms with Crippen LogP contribution in [0.1, 0.15) is 22.7 Å². The van der Waals surface area contributed by atoms with Crippen molar-refractivity contribution in [1.29, 1.82) is 5.26 Å². The highest BCUT2D eigenvalue weighted by molar-refractivity contribution is 5.48. The molecule has 1 amide bonds. The van der Waals surface area contributed by atoms with Crippen molar-refractivity contribution >= 4 is 6.41 Å². The summed E-state index contributed by atoms with van der Waals surface area (Å²) < 4.78 is 0. The molecule has 0 aliphatic carbocycles. The monoisotopic (exact) mass is 264 g/mol. The molecule has 2 aromatic carbocycles. The van der Waals surface area contributed by atoms with Gasteiger partial charge in [-0.05, 0) is 23.1 Å². The zero-order valence-electron chi connectivity index (χ0n) is 11.1. The molecule has 3 nitrogen and oxygen atoms in total. The highest BCUT2D eigenvalue weighted by Gasteiger charge is 2.11. The van der Waals surface area contributed by atoms with Gasteiger partial charge in [-0.2, -0.15) is 5.26 Å². The topological polar surface area (TPSA) is 52.9 Å². The van der Waals surface area contributed by atoms with Crippen LogP contribution in [-0.4, -0.2) is 6.41 Å². The minimum Gasteiger partial charge on any atom is -0.352 e. The molecule has 1 unspecified atom stereocenters. The number of nitrogens with one attached hydrogen (secondary N) is 1. The fraction of sp³-hybridized carbons (Fsp3) is 0.176. The second-order valence-electron chi connectivity index (χ2n) is 4.60. The van der Waals surface area contributed by atoms with Gasteiger partial charge in [0.25, 0.3) is 0 Å². The molecular formula is C17H16N2O. The highest BCUT2D eigenvalue weighted by Crippen LogP contribution is 2.19. The minimum absolute atomic E-state index is 0.0500. The summed E-state index contributed by atoms with van der Waals surface area (Å²) in [6.45, 7) is 0. The zero-order chi connectivity index (χ0) is 14.2. The van der Waals surface area contributed by atoms with Crippen LogP contribution in [0.25, 0.3) is 0 Å². The van der Waals surface area contributed by atoms with E-state index in [1.807, 2.05) is 54.6 Å². The van der Waals surface area contributed by atoms with Gasteiger partial charge in [0.05, 0.1) is 18.5 Å². The lowest BCUT2D eigenvalue weighted by atomic mass is 9.97. The Kier molecular flexibility index (Phi) is 4.91. The van der Waals surface area contributed by atoms with Gasteiger partial charge in [0.2, 0.25) is 6.41 Å². The van der Waals surface area contributed by atoms with E-state index in [1.165, 1.54) is 5.56 Å². The maximum atomic E-state index is 10.8. The van der Waals surface area contributed by atoms with E-state index in [9.17, 15) is 4.79 Å². The molecule has 0 fully saturated rings. The minimum atomic E-state index is -0.0500. The molecule has 3 heteroatoms. The van der Waals surface area contributed by atoms with Gasteiger partial charge in [-0.3, -0.25) is 4.79 Å². The van der Waals surface area contributed by atoms with E-state index in [2.05, 4.69) is 11.4 Å². The van der Waals surface area contributed by atoms with Crippen molar-refractivity contribution in [3.8, 4) is 6.07 Å². The molecule has 1 atom stereocenters. The first-order valence-electron chi connectivity index (χ1n) is 6.53. The van der Waals surface area contributed by atoms with Gasteiger partial charge in [-0.1, -0.05) is 54.6 Å². The summed E-state index contributed by atoms with van der Waals surface area (Å²) in [5, 5.41) is 11.5. The standard InChI is InChI=1S/C17H16N2O/c18-11-10-14-6-8-16(9-7-14)17(19-13-20)12-15-4-2-1-3-5-15/h1-9,13,17H,10,12H2,(H,19,20). The second-order valence-corrected chi connectivity index (χ2v) is 4.60. The number of hydrogen-bond acceptors (Lipinski definition) is 2. The van der Waals surface area contributed by atoms with Crippen LogP contribution in [0.15, 0.2) is 54.6 Å². The summed E-state index contributed by atoms with van der Waals surface area (Å²) in [6, 6.07) is 19.9. The molecule has 0 heterocycles. The first kappa shape index (κ1) is 13.8. The Labute approximate surface area is 118 Å². The van der Waals surface area contributed by atoms with E-state index in [-0.39, 0.29) is 6.04 Å². The largest absolute Gasteiger partial charge is 0.352 e. The molecule has 0 saturated carbocycles. The number of hydrogen-bond donors (Lipinski definition) is 1. The molecule has 2 rings (SSSR count). The third kappa shape index (κ3) is 3.69. The van der Waals surface area contributed by atoms with Crippen LogP contribution in [0.4, 0.5) is 0 Å². The Balaban J connectivity index is 2.15. The van der Waals surface area contributed by atoms with E-state index in [1.54, 1.807) is 0 Å². The molecule has 0 saturated heterocycles. The van der Waals surface area contributed by atoms with Crippen molar-refractivity contribution in [2.24, 2.45) is 0 Å². The molecule has 0 aliphatic heterocycles. The van der Waals surface area contributed by atoms with Crippen LogP contribution < -0.4 is 5.32 Å². The van der Waals surface area contributed by atoms with Crippen molar-refractivity contribution in [3.63, 3.8) is 0 Å². The van der Waals surface area contributed by atoms with Gasteiger partial charge >= 0.3 is 0 Å². The summed E-state index contributed by atoms with van der Waals surface area (Å²) >= 11 is 0. The molecule has 0 radical (unpaired) electrons. The Hall–Kier alpha value is -2.60. The van der Waals surface area contributed by atoms with E-state index in [0.29, 0.717) is 6.42 Å². The lowest BCUT2D eigenvalue weighted by Crippen LogP contribution is -2.21. The number of nitrogens with zero attached hydrogens (tertiary/aromatic N) is 1. The van der Waals surface area contributed by atoms with Crippen molar-refractivity contribution in [2.75, 3.05) is 0 Å². The molecule has 0 spiro atoms. The number of carbonyl (C=O) groups excluding carboxylic acids is 1. The first-order valence-corrected chi connectivity index (χ1v) is 6.53. The van der Waals surface area contributed by atoms with Gasteiger partial charge in [0.15, 0.2) is 0 Å². The van der Waals surface area contributed by atoms with Crippen molar-refractivity contribution < 1.29 is 4.79 Å². The number of carbonyl (C=O) groups is 1. The molecular weight excluding hydrogens is 248 g/mol. The van der Waals surface area contributed by atoms with Crippen LogP contribution in [0.3, 0.4) is 0 Å². The van der Waals surface area contributed by atoms with Gasteiger partial charge < -0.3 is 5.32 Å². The average Bonchev–Trinajstić information content (AvgIpc) is 2.49. The van der Waals surface area contributed by atoms with Crippen LogP contribution in [-0.2, 0) is 17.6 Å². The lowest BCUT2D eigenvalue weighted by Gasteiger charge is -2.17. The fourth-order valence-corrected chi connectivity index (χ4v) is 2.16. The van der Waals surface area contributed by atoms with Crippen LogP contribution in [0.2, 0.25) is 0 Å². The molecule has 20 heavy (non-hydrogen) atoms. The normalized spacial score (nSPS) is 11.3. The molecule has 0 bridgehead atoms. The zero-order valence-corrected chi connectivity index (χ0v) is 11.1. The average molecular weight is 264 g/mol. The fourth-order valence-electron chi connectivity index (χ4n) is 2.16. The summed E-state index contributed by atoms with van der Waals surface area (Å²) in [6.07, 6.45) is 1.89. The quantitative estimate of drug-likeness (QED) is 0.816. The molecule has 1 N–H and O–H groups in total. The lowest BCUT2D eigenvalue weighted by molar-refractivity contribution is -0.110. The third-order valence-corrected chi connectivity index (χ3v) is 3.22. The highest BCUT2D eigenvalue weighted by atomic mass is 16.1. The summed E-state index contributed by atoms with van der Waals surface area (Å²) in [5.41, 5.74) is 3.21. The van der Waals surface area contributed by atoms with Gasteiger partial charge in [0, 0.05) is 0 Å². The van der Waals surface area contributed by atoms with Crippen molar-refractivity contribution in [2.45, 2.75) is 18.9 Å². The molecule has 100 valence electrons. The maximum absolute atomic E-state index is 10.8. The SMILES string of the molecule is N#CCc1ccc(C(Cc2ccccc2)NC=O)cc1.